The lowest BCUT2D eigenvalue weighted by molar-refractivity contribution is -0.0334. The van der Waals surface area contributed by atoms with Crippen LogP contribution in [0.1, 0.15) is 56.3 Å². The van der Waals surface area contributed by atoms with E-state index in [0.717, 1.165) is 57.8 Å². The van der Waals surface area contributed by atoms with Gasteiger partial charge in [-0.15, -0.1) is 0 Å². The molecule has 3 rings (SSSR count). The standard InChI is InChI=1S/C14H24N4O2/c1-2-18-7-8-19-12(9-18)13-16-14(20-17-13)10-3-5-11(15)6-4-10/h10-12H,2-9,15H2,1H3. The molecule has 2 aliphatic rings. The van der Waals surface area contributed by atoms with Crippen molar-refractivity contribution in [2.75, 3.05) is 26.2 Å². The molecule has 1 aliphatic heterocycles. The van der Waals surface area contributed by atoms with E-state index in [1.54, 1.807) is 0 Å². The number of aromatic nitrogens is 2. The fourth-order valence-electron chi connectivity index (χ4n) is 3.06. The molecular formula is C14H24N4O2. The summed E-state index contributed by atoms with van der Waals surface area (Å²) in [4.78, 5) is 6.93. The predicted octanol–water partition coefficient (Wildman–Crippen LogP) is 1.45. The van der Waals surface area contributed by atoms with Crippen molar-refractivity contribution < 1.29 is 9.26 Å². The van der Waals surface area contributed by atoms with Crippen LogP contribution in [0.15, 0.2) is 4.52 Å². The van der Waals surface area contributed by atoms with Gasteiger partial charge in [0.2, 0.25) is 11.7 Å². The van der Waals surface area contributed by atoms with Crippen molar-refractivity contribution in [2.45, 2.75) is 50.7 Å². The van der Waals surface area contributed by atoms with Gasteiger partial charge >= 0.3 is 0 Å². The summed E-state index contributed by atoms with van der Waals surface area (Å²) in [6.07, 6.45) is 4.15. The van der Waals surface area contributed by atoms with Crippen molar-refractivity contribution in [1.29, 1.82) is 0 Å². The molecule has 0 bridgehead atoms. The zero-order chi connectivity index (χ0) is 13.9. The number of nitrogens with two attached hydrogens (primary N) is 1. The zero-order valence-electron chi connectivity index (χ0n) is 12.1. The van der Waals surface area contributed by atoms with Gasteiger partial charge in [0.05, 0.1) is 6.61 Å². The molecular weight excluding hydrogens is 256 g/mol. The highest BCUT2D eigenvalue weighted by atomic mass is 16.5. The summed E-state index contributed by atoms with van der Waals surface area (Å²) in [6.45, 7) is 5.77. The Balaban J connectivity index is 1.64. The lowest BCUT2D eigenvalue weighted by Crippen LogP contribution is -2.38. The molecule has 1 saturated heterocycles. The van der Waals surface area contributed by atoms with E-state index in [4.69, 9.17) is 15.0 Å². The van der Waals surface area contributed by atoms with Gasteiger partial charge in [-0.25, -0.2) is 0 Å². The van der Waals surface area contributed by atoms with E-state index < -0.39 is 0 Å². The van der Waals surface area contributed by atoms with Gasteiger partial charge in [0.25, 0.3) is 0 Å². The van der Waals surface area contributed by atoms with E-state index in [1.165, 1.54) is 0 Å². The molecule has 1 saturated carbocycles. The predicted molar refractivity (Wildman–Crippen MR) is 74.3 cm³/mol. The second kappa shape index (κ2) is 6.20. The third kappa shape index (κ3) is 3.02. The number of nitrogens with zero attached hydrogens (tertiary/aromatic N) is 3. The Hall–Kier alpha value is -0.980. The first kappa shape index (κ1) is 14.0. The summed E-state index contributed by atoms with van der Waals surface area (Å²) < 4.78 is 11.2. The molecule has 2 heterocycles. The Kier molecular flexibility index (Phi) is 4.33. The average Bonchev–Trinajstić information content (AvgIpc) is 2.98. The molecule has 1 unspecified atom stereocenters. The summed E-state index contributed by atoms with van der Waals surface area (Å²) in [5, 5.41) is 4.13. The Morgan fingerprint density at radius 1 is 1.30 bits per heavy atom. The molecule has 0 spiro atoms. The van der Waals surface area contributed by atoms with Gasteiger partial charge in [-0.3, -0.25) is 4.90 Å². The van der Waals surface area contributed by atoms with E-state index >= 15 is 0 Å². The third-order valence-electron chi connectivity index (χ3n) is 4.46. The van der Waals surface area contributed by atoms with E-state index in [0.29, 0.717) is 17.8 Å². The number of morpholine rings is 1. The largest absolute Gasteiger partial charge is 0.367 e. The first-order chi connectivity index (χ1) is 9.76. The van der Waals surface area contributed by atoms with Crippen LogP contribution < -0.4 is 5.73 Å². The van der Waals surface area contributed by atoms with Gasteiger partial charge in [-0.1, -0.05) is 12.1 Å². The summed E-state index contributed by atoms with van der Waals surface area (Å²) in [5.41, 5.74) is 5.94. The number of likely N-dealkylation sites (N-methyl/N-ethyl adjacent to an activating group) is 1. The van der Waals surface area contributed by atoms with Crippen molar-refractivity contribution in [3.63, 3.8) is 0 Å². The van der Waals surface area contributed by atoms with Crippen LogP contribution in [-0.4, -0.2) is 47.3 Å². The van der Waals surface area contributed by atoms with Gasteiger partial charge in [-0.05, 0) is 32.2 Å². The summed E-state index contributed by atoms with van der Waals surface area (Å²) in [6, 6.07) is 0.341. The molecule has 1 atom stereocenters. The molecule has 112 valence electrons. The maximum atomic E-state index is 5.94. The van der Waals surface area contributed by atoms with Crippen molar-refractivity contribution in [3.05, 3.63) is 11.7 Å². The van der Waals surface area contributed by atoms with Crippen LogP contribution in [0, 0.1) is 0 Å². The molecule has 1 aromatic heterocycles. The van der Waals surface area contributed by atoms with Gasteiger partial charge in [0.1, 0.15) is 6.10 Å². The maximum Gasteiger partial charge on any atom is 0.229 e. The molecule has 6 heteroatoms. The van der Waals surface area contributed by atoms with Crippen LogP contribution in [0.5, 0.6) is 0 Å². The fourth-order valence-corrected chi connectivity index (χ4v) is 3.06. The quantitative estimate of drug-likeness (QED) is 0.903. The van der Waals surface area contributed by atoms with Gasteiger partial charge in [-0.2, -0.15) is 4.98 Å². The second-order valence-electron chi connectivity index (χ2n) is 5.86. The maximum absolute atomic E-state index is 5.94. The number of hydrogen-bond donors (Lipinski definition) is 1. The molecule has 1 aromatic rings. The van der Waals surface area contributed by atoms with E-state index in [-0.39, 0.29) is 6.10 Å². The molecule has 20 heavy (non-hydrogen) atoms. The average molecular weight is 280 g/mol. The van der Waals surface area contributed by atoms with Crippen molar-refractivity contribution in [1.82, 2.24) is 15.0 Å². The van der Waals surface area contributed by atoms with Crippen LogP contribution in [-0.2, 0) is 4.74 Å². The lowest BCUT2D eigenvalue weighted by Gasteiger charge is -2.30. The van der Waals surface area contributed by atoms with Gasteiger partial charge < -0.3 is 15.0 Å². The number of hydrogen-bond acceptors (Lipinski definition) is 6. The monoisotopic (exact) mass is 280 g/mol. The minimum atomic E-state index is -0.0490. The lowest BCUT2D eigenvalue weighted by atomic mass is 9.86. The Labute approximate surface area is 119 Å². The van der Waals surface area contributed by atoms with Gasteiger partial charge in [0, 0.05) is 25.0 Å². The molecule has 1 aliphatic carbocycles. The van der Waals surface area contributed by atoms with Crippen molar-refractivity contribution in [2.24, 2.45) is 5.73 Å². The highest BCUT2D eigenvalue weighted by molar-refractivity contribution is 5.00. The van der Waals surface area contributed by atoms with Crippen LogP contribution in [0.25, 0.3) is 0 Å². The Morgan fingerprint density at radius 3 is 2.85 bits per heavy atom. The highest BCUT2D eigenvalue weighted by Gasteiger charge is 2.29. The number of ether oxygens (including phenoxy) is 1. The Morgan fingerprint density at radius 2 is 2.10 bits per heavy atom. The van der Waals surface area contributed by atoms with Crippen LogP contribution in [0.4, 0.5) is 0 Å². The minimum absolute atomic E-state index is 0.0490. The SMILES string of the molecule is CCN1CCOC(c2noc(C3CCC(N)CC3)n2)C1. The van der Waals surface area contributed by atoms with Crippen molar-refractivity contribution in [3.8, 4) is 0 Å². The summed E-state index contributed by atoms with van der Waals surface area (Å²) in [7, 11) is 0. The van der Waals surface area contributed by atoms with Crippen LogP contribution in [0.3, 0.4) is 0 Å². The topological polar surface area (TPSA) is 77.4 Å². The van der Waals surface area contributed by atoms with E-state index in [1.807, 2.05) is 0 Å². The van der Waals surface area contributed by atoms with E-state index in [2.05, 4.69) is 22.0 Å². The zero-order valence-corrected chi connectivity index (χ0v) is 12.1. The molecule has 0 amide bonds. The summed E-state index contributed by atoms with van der Waals surface area (Å²) in [5.74, 6) is 1.85. The summed E-state index contributed by atoms with van der Waals surface area (Å²) >= 11 is 0. The first-order valence-electron chi connectivity index (χ1n) is 7.69. The van der Waals surface area contributed by atoms with Crippen molar-refractivity contribution >= 4 is 0 Å². The second-order valence-corrected chi connectivity index (χ2v) is 5.86. The normalized spacial score (nSPS) is 32.4. The third-order valence-corrected chi connectivity index (χ3v) is 4.46. The Bertz CT molecular complexity index is 429. The molecule has 2 N–H and O–H groups in total. The highest BCUT2D eigenvalue weighted by Crippen LogP contribution is 2.32. The van der Waals surface area contributed by atoms with E-state index in [9.17, 15) is 0 Å². The molecule has 0 aromatic carbocycles. The molecule has 6 nitrogen and oxygen atoms in total. The minimum Gasteiger partial charge on any atom is -0.367 e. The van der Waals surface area contributed by atoms with Crippen LogP contribution >= 0.6 is 0 Å². The van der Waals surface area contributed by atoms with Crippen LogP contribution in [0.2, 0.25) is 0 Å². The van der Waals surface area contributed by atoms with Gasteiger partial charge in [0.15, 0.2) is 0 Å². The molecule has 2 fully saturated rings. The number of rotatable bonds is 3. The molecule has 0 radical (unpaired) electrons. The first-order valence-corrected chi connectivity index (χ1v) is 7.69. The fraction of sp³-hybridized carbons (Fsp3) is 0.857. The smallest absolute Gasteiger partial charge is 0.229 e.